The van der Waals surface area contributed by atoms with Crippen LogP contribution < -0.4 is 4.72 Å². The molecular weight excluding hydrogens is 282 g/mol. The highest BCUT2D eigenvalue weighted by atomic mass is 79.9. The zero-order chi connectivity index (χ0) is 11.5. The van der Waals surface area contributed by atoms with Gasteiger partial charge in [0.15, 0.2) is 0 Å². The molecule has 1 aliphatic rings. The quantitative estimate of drug-likeness (QED) is 0.767. The molecule has 0 saturated heterocycles. The van der Waals surface area contributed by atoms with Gasteiger partial charge >= 0.3 is 0 Å². The molecular formula is C9H18BrNO3S. The Hall–Kier alpha value is 0.350. The third-order valence-corrected chi connectivity index (χ3v) is 5.51. The van der Waals surface area contributed by atoms with Crippen LogP contribution in [0.2, 0.25) is 0 Å². The van der Waals surface area contributed by atoms with Gasteiger partial charge in [-0.3, -0.25) is 0 Å². The average Bonchev–Trinajstić information content (AvgIpc) is 2.15. The number of sulfonamides is 1. The molecule has 0 bridgehead atoms. The molecule has 0 amide bonds. The highest BCUT2D eigenvalue weighted by Crippen LogP contribution is 2.31. The molecule has 90 valence electrons. The van der Waals surface area contributed by atoms with E-state index in [1.165, 1.54) is 0 Å². The van der Waals surface area contributed by atoms with Gasteiger partial charge in [-0.05, 0) is 18.8 Å². The van der Waals surface area contributed by atoms with E-state index in [-0.39, 0.29) is 11.2 Å². The van der Waals surface area contributed by atoms with Crippen molar-refractivity contribution >= 4 is 26.0 Å². The minimum atomic E-state index is -3.27. The number of hydrogen-bond acceptors (Lipinski definition) is 3. The smallest absolute Gasteiger partial charge is 0.221 e. The van der Waals surface area contributed by atoms with Crippen LogP contribution in [0, 0.1) is 5.92 Å². The maximum absolute atomic E-state index is 11.2. The molecule has 0 aromatic carbocycles. The van der Waals surface area contributed by atoms with Crippen molar-refractivity contribution in [2.45, 2.75) is 38.2 Å². The van der Waals surface area contributed by atoms with Crippen LogP contribution in [0.25, 0.3) is 0 Å². The van der Waals surface area contributed by atoms with E-state index >= 15 is 0 Å². The van der Waals surface area contributed by atoms with E-state index < -0.39 is 15.6 Å². The van der Waals surface area contributed by atoms with Crippen molar-refractivity contribution in [2.24, 2.45) is 5.92 Å². The molecule has 2 unspecified atom stereocenters. The molecule has 2 atom stereocenters. The van der Waals surface area contributed by atoms with Crippen LogP contribution in [0.5, 0.6) is 0 Å². The fourth-order valence-electron chi connectivity index (χ4n) is 2.08. The van der Waals surface area contributed by atoms with E-state index in [1.807, 2.05) is 0 Å². The van der Waals surface area contributed by atoms with E-state index in [0.29, 0.717) is 18.8 Å². The topological polar surface area (TPSA) is 66.4 Å². The average molecular weight is 300 g/mol. The van der Waals surface area contributed by atoms with Gasteiger partial charge in [-0.1, -0.05) is 35.7 Å². The van der Waals surface area contributed by atoms with Crippen molar-refractivity contribution in [3.63, 3.8) is 0 Å². The van der Waals surface area contributed by atoms with Crippen molar-refractivity contribution in [3.8, 4) is 0 Å². The van der Waals surface area contributed by atoms with Gasteiger partial charge in [0, 0.05) is 6.54 Å². The number of hydrogen-bond donors (Lipinski definition) is 2. The van der Waals surface area contributed by atoms with Gasteiger partial charge in [-0.15, -0.1) is 0 Å². The number of aliphatic hydroxyl groups is 1. The summed E-state index contributed by atoms with van der Waals surface area (Å²) < 4.78 is 24.7. The van der Waals surface area contributed by atoms with Crippen LogP contribution in [0.4, 0.5) is 0 Å². The van der Waals surface area contributed by atoms with E-state index in [4.69, 9.17) is 0 Å². The van der Waals surface area contributed by atoms with Crippen LogP contribution in [-0.2, 0) is 10.0 Å². The van der Waals surface area contributed by atoms with Crippen LogP contribution >= 0.6 is 15.9 Å². The molecule has 0 heterocycles. The summed E-state index contributed by atoms with van der Waals surface area (Å²) in [5.41, 5.74) is -0.854. The lowest BCUT2D eigenvalue weighted by Crippen LogP contribution is -2.45. The predicted octanol–water partition coefficient (Wildman–Crippen LogP) is 1.20. The molecule has 1 fully saturated rings. The molecule has 0 aromatic heterocycles. The highest BCUT2D eigenvalue weighted by Gasteiger charge is 2.33. The molecule has 0 aromatic rings. The Morgan fingerprint density at radius 3 is 2.80 bits per heavy atom. The third-order valence-electron chi connectivity index (χ3n) is 2.83. The SMILES string of the molecule is CC1CCCC(O)(CNS(=O)(=O)CBr)C1. The zero-order valence-electron chi connectivity index (χ0n) is 8.87. The summed E-state index contributed by atoms with van der Waals surface area (Å²) in [5.74, 6) is 0.470. The molecule has 1 saturated carbocycles. The molecule has 4 nitrogen and oxygen atoms in total. The van der Waals surface area contributed by atoms with Gasteiger partial charge < -0.3 is 5.11 Å². The van der Waals surface area contributed by atoms with Crippen molar-refractivity contribution in [2.75, 3.05) is 11.2 Å². The van der Waals surface area contributed by atoms with E-state index in [0.717, 1.165) is 12.8 Å². The number of alkyl halides is 1. The summed E-state index contributed by atoms with van der Waals surface area (Å²) in [5, 5.41) is 10.2. The van der Waals surface area contributed by atoms with E-state index in [2.05, 4.69) is 27.6 Å². The molecule has 6 heteroatoms. The molecule has 15 heavy (non-hydrogen) atoms. The van der Waals surface area contributed by atoms with Crippen LogP contribution in [0.3, 0.4) is 0 Å². The summed E-state index contributed by atoms with van der Waals surface area (Å²) in [6.07, 6.45) is 3.45. The maximum atomic E-state index is 11.2. The first-order chi connectivity index (χ1) is 6.87. The Bertz CT molecular complexity index is 306. The van der Waals surface area contributed by atoms with E-state index in [1.54, 1.807) is 0 Å². The zero-order valence-corrected chi connectivity index (χ0v) is 11.3. The van der Waals surface area contributed by atoms with Crippen molar-refractivity contribution in [3.05, 3.63) is 0 Å². The number of rotatable bonds is 4. The maximum Gasteiger partial charge on any atom is 0.221 e. The monoisotopic (exact) mass is 299 g/mol. The molecule has 1 aliphatic carbocycles. The minimum Gasteiger partial charge on any atom is -0.389 e. The lowest BCUT2D eigenvalue weighted by Gasteiger charge is -2.35. The first kappa shape index (κ1) is 13.4. The predicted molar refractivity (Wildman–Crippen MR) is 63.3 cm³/mol. The second-order valence-corrected chi connectivity index (χ2v) is 7.58. The van der Waals surface area contributed by atoms with E-state index in [9.17, 15) is 13.5 Å². The third kappa shape index (κ3) is 4.38. The van der Waals surface area contributed by atoms with Crippen molar-refractivity contribution < 1.29 is 13.5 Å². The Morgan fingerprint density at radius 2 is 2.27 bits per heavy atom. The van der Waals surface area contributed by atoms with Crippen LogP contribution in [0.1, 0.15) is 32.6 Å². The summed E-state index contributed by atoms with van der Waals surface area (Å²) >= 11 is 2.89. The molecule has 0 spiro atoms. The van der Waals surface area contributed by atoms with Gasteiger partial charge in [0.2, 0.25) is 10.0 Å². The van der Waals surface area contributed by atoms with Gasteiger partial charge in [-0.25, -0.2) is 13.1 Å². The lowest BCUT2D eigenvalue weighted by atomic mass is 9.79. The van der Waals surface area contributed by atoms with Gasteiger partial charge in [0.1, 0.15) is 4.66 Å². The largest absolute Gasteiger partial charge is 0.389 e. The number of nitrogens with one attached hydrogen (secondary N) is 1. The summed E-state index contributed by atoms with van der Waals surface area (Å²) in [7, 11) is -3.27. The molecule has 0 aliphatic heterocycles. The summed E-state index contributed by atoms with van der Waals surface area (Å²) in [6.45, 7) is 2.22. The highest BCUT2D eigenvalue weighted by molar-refractivity contribution is 9.10. The van der Waals surface area contributed by atoms with Crippen molar-refractivity contribution in [1.29, 1.82) is 0 Å². The fraction of sp³-hybridized carbons (Fsp3) is 1.00. The van der Waals surface area contributed by atoms with Crippen LogP contribution in [0.15, 0.2) is 0 Å². The normalized spacial score (nSPS) is 32.9. The minimum absolute atomic E-state index is 0.119. The van der Waals surface area contributed by atoms with Crippen LogP contribution in [-0.4, -0.2) is 30.3 Å². The Balaban J connectivity index is 2.49. The summed E-state index contributed by atoms with van der Waals surface area (Å²) in [4.78, 5) is 0. The second kappa shape index (κ2) is 5.12. The van der Waals surface area contributed by atoms with Gasteiger partial charge in [0.05, 0.1) is 5.60 Å². The first-order valence-corrected chi connectivity index (χ1v) is 7.90. The first-order valence-electron chi connectivity index (χ1n) is 5.13. The molecule has 0 radical (unpaired) electrons. The Morgan fingerprint density at radius 1 is 1.60 bits per heavy atom. The molecule has 2 N–H and O–H groups in total. The molecule has 1 rings (SSSR count). The lowest BCUT2D eigenvalue weighted by molar-refractivity contribution is -0.00749. The van der Waals surface area contributed by atoms with Gasteiger partial charge in [0.25, 0.3) is 0 Å². The standard InChI is InChI=1S/C9H18BrNO3S/c1-8-3-2-4-9(12,5-8)6-11-15(13,14)7-10/h8,11-12H,2-7H2,1H3. The van der Waals surface area contributed by atoms with Crippen molar-refractivity contribution in [1.82, 2.24) is 4.72 Å². The number of halogens is 1. The second-order valence-electron chi connectivity index (χ2n) is 4.47. The fourth-order valence-corrected chi connectivity index (χ4v) is 3.13. The Kier molecular flexibility index (Phi) is 4.58. The Labute approximate surface area is 99.6 Å². The van der Waals surface area contributed by atoms with Gasteiger partial charge in [-0.2, -0.15) is 0 Å². The summed E-state index contributed by atoms with van der Waals surface area (Å²) in [6, 6.07) is 0.